The molecule has 0 N–H and O–H groups in total. The molecular formula is C10H14N2O. The van der Waals surface area contributed by atoms with Gasteiger partial charge in [-0.1, -0.05) is 37.2 Å². The lowest BCUT2D eigenvalue weighted by atomic mass is 10.2. The molecule has 1 heterocycles. The van der Waals surface area contributed by atoms with Crippen molar-refractivity contribution in [3.63, 3.8) is 0 Å². The molecule has 0 saturated heterocycles. The van der Waals surface area contributed by atoms with E-state index in [1.165, 1.54) is 0 Å². The van der Waals surface area contributed by atoms with Crippen molar-refractivity contribution >= 4 is 6.08 Å². The summed E-state index contributed by atoms with van der Waals surface area (Å²) in [6, 6.07) is 0. The third kappa shape index (κ3) is 2.86. The average molecular weight is 178 g/mol. The van der Waals surface area contributed by atoms with E-state index < -0.39 is 0 Å². The standard InChI is InChI=1S/C10H14N2O/c1-4-5-6-7-9-11-10(8(2)3)12-13-9/h4-8H,1-3H3/b5-4+,7-6+. The van der Waals surface area contributed by atoms with Gasteiger partial charge in [0, 0.05) is 12.0 Å². The first-order valence-electron chi connectivity index (χ1n) is 4.37. The average Bonchev–Trinajstić information content (AvgIpc) is 2.53. The van der Waals surface area contributed by atoms with Crippen molar-refractivity contribution < 1.29 is 4.52 Å². The molecule has 3 heteroatoms. The minimum Gasteiger partial charge on any atom is -0.335 e. The predicted octanol–water partition coefficient (Wildman–Crippen LogP) is 2.78. The van der Waals surface area contributed by atoms with Crippen LogP contribution in [0.15, 0.2) is 22.8 Å². The van der Waals surface area contributed by atoms with E-state index in [2.05, 4.69) is 10.1 Å². The molecule has 1 rings (SSSR count). The van der Waals surface area contributed by atoms with Crippen LogP contribution >= 0.6 is 0 Å². The third-order valence-corrected chi connectivity index (χ3v) is 1.52. The van der Waals surface area contributed by atoms with Gasteiger partial charge in [0.15, 0.2) is 5.82 Å². The summed E-state index contributed by atoms with van der Waals surface area (Å²) < 4.78 is 4.99. The quantitative estimate of drug-likeness (QED) is 0.668. The number of nitrogens with zero attached hydrogens (tertiary/aromatic N) is 2. The Morgan fingerprint density at radius 1 is 1.31 bits per heavy atom. The highest BCUT2D eigenvalue weighted by molar-refractivity contribution is 5.40. The molecule has 13 heavy (non-hydrogen) atoms. The summed E-state index contributed by atoms with van der Waals surface area (Å²) >= 11 is 0. The molecule has 0 aromatic carbocycles. The molecule has 0 saturated carbocycles. The molecule has 0 unspecified atom stereocenters. The lowest BCUT2D eigenvalue weighted by molar-refractivity contribution is 0.400. The SMILES string of the molecule is C/C=C/C=C/c1nc(C(C)C)no1. The monoisotopic (exact) mass is 178 g/mol. The highest BCUT2D eigenvalue weighted by atomic mass is 16.5. The molecule has 1 aromatic rings. The van der Waals surface area contributed by atoms with Crippen molar-refractivity contribution in [3.8, 4) is 0 Å². The third-order valence-electron chi connectivity index (χ3n) is 1.52. The minimum absolute atomic E-state index is 0.313. The maximum absolute atomic E-state index is 4.99. The molecule has 0 aliphatic heterocycles. The zero-order valence-electron chi connectivity index (χ0n) is 8.19. The predicted molar refractivity (Wildman–Crippen MR) is 52.2 cm³/mol. The zero-order valence-corrected chi connectivity index (χ0v) is 8.19. The number of allylic oxidation sites excluding steroid dienone is 3. The Hall–Kier alpha value is -1.38. The van der Waals surface area contributed by atoms with Gasteiger partial charge in [-0.05, 0) is 6.92 Å². The van der Waals surface area contributed by atoms with Crippen LogP contribution in [-0.4, -0.2) is 10.1 Å². The molecule has 0 aliphatic rings. The van der Waals surface area contributed by atoms with E-state index in [1.54, 1.807) is 6.08 Å². The molecule has 0 bridgehead atoms. The van der Waals surface area contributed by atoms with Crippen LogP contribution in [0.3, 0.4) is 0 Å². The first-order chi connectivity index (χ1) is 6.24. The van der Waals surface area contributed by atoms with Crippen molar-refractivity contribution in [2.45, 2.75) is 26.7 Å². The lowest BCUT2D eigenvalue weighted by Crippen LogP contribution is -1.88. The Labute approximate surface area is 78.2 Å². The molecule has 0 spiro atoms. The molecule has 0 amide bonds. The Morgan fingerprint density at radius 2 is 2.08 bits per heavy atom. The van der Waals surface area contributed by atoms with Crippen LogP contribution < -0.4 is 0 Å². The molecule has 0 fully saturated rings. The highest BCUT2D eigenvalue weighted by Crippen LogP contribution is 2.10. The highest BCUT2D eigenvalue weighted by Gasteiger charge is 2.06. The maximum atomic E-state index is 4.99. The van der Waals surface area contributed by atoms with Crippen LogP contribution in [0, 0.1) is 0 Å². The zero-order chi connectivity index (χ0) is 9.68. The number of rotatable bonds is 3. The maximum Gasteiger partial charge on any atom is 0.250 e. The van der Waals surface area contributed by atoms with Crippen LogP contribution in [-0.2, 0) is 0 Å². The summed E-state index contributed by atoms with van der Waals surface area (Å²) in [4.78, 5) is 4.18. The summed E-state index contributed by atoms with van der Waals surface area (Å²) in [5, 5.41) is 3.83. The Bertz CT molecular complexity index is 310. The first kappa shape index (κ1) is 9.71. The van der Waals surface area contributed by atoms with Crippen molar-refractivity contribution in [1.29, 1.82) is 0 Å². The fraction of sp³-hybridized carbons (Fsp3) is 0.400. The smallest absolute Gasteiger partial charge is 0.250 e. The van der Waals surface area contributed by atoms with E-state index in [0.29, 0.717) is 11.8 Å². The number of hydrogen-bond acceptors (Lipinski definition) is 3. The molecule has 0 atom stereocenters. The van der Waals surface area contributed by atoms with Gasteiger partial charge in [0.1, 0.15) is 0 Å². The van der Waals surface area contributed by atoms with Gasteiger partial charge in [0.25, 0.3) is 5.89 Å². The molecular weight excluding hydrogens is 164 g/mol. The topological polar surface area (TPSA) is 38.9 Å². The summed E-state index contributed by atoms with van der Waals surface area (Å²) in [5.74, 6) is 1.62. The molecule has 0 radical (unpaired) electrons. The fourth-order valence-corrected chi connectivity index (χ4v) is 0.798. The van der Waals surface area contributed by atoms with Gasteiger partial charge < -0.3 is 4.52 Å². The van der Waals surface area contributed by atoms with Gasteiger partial charge in [0.05, 0.1) is 0 Å². The second-order valence-electron chi connectivity index (χ2n) is 3.03. The van der Waals surface area contributed by atoms with E-state index in [9.17, 15) is 0 Å². The van der Waals surface area contributed by atoms with E-state index >= 15 is 0 Å². The molecule has 3 nitrogen and oxygen atoms in total. The van der Waals surface area contributed by atoms with Crippen LogP contribution in [0.2, 0.25) is 0 Å². The Balaban J connectivity index is 2.69. The second kappa shape index (κ2) is 4.60. The van der Waals surface area contributed by atoms with Crippen molar-refractivity contribution in [1.82, 2.24) is 10.1 Å². The van der Waals surface area contributed by atoms with Gasteiger partial charge in [-0.3, -0.25) is 0 Å². The van der Waals surface area contributed by atoms with Crippen molar-refractivity contribution in [2.75, 3.05) is 0 Å². The fourth-order valence-electron chi connectivity index (χ4n) is 0.798. The summed E-state index contributed by atoms with van der Waals surface area (Å²) in [7, 11) is 0. The van der Waals surface area contributed by atoms with Gasteiger partial charge in [0.2, 0.25) is 0 Å². The molecule has 0 aliphatic carbocycles. The van der Waals surface area contributed by atoms with Crippen LogP contribution in [0.4, 0.5) is 0 Å². The molecule has 70 valence electrons. The first-order valence-corrected chi connectivity index (χ1v) is 4.37. The normalized spacial score (nSPS) is 12.3. The summed E-state index contributed by atoms with van der Waals surface area (Å²) in [5.41, 5.74) is 0. The van der Waals surface area contributed by atoms with E-state index in [0.717, 1.165) is 5.82 Å². The van der Waals surface area contributed by atoms with Gasteiger partial charge >= 0.3 is 0 Å². The Morgan fingerprint density at radius 3 is 2.62 bits per heavy atom. The van der Waals surface area contributed by atoms with Crippen molar-refractivity contribution in [3.05, 3.63) is 29.9 Å². The van der Waals surface area contributed by atoms with E-state index in [4.69, 9.17) is 4.52 Å². The van der Waals surface area contributed by atoms with Crippen LogP contribution in [0.5, 0.6) is 0 Å². The second-order valence-corrected chi connectivity index (χ2v) is 3.03. The lowest BCUT2D eigenvalue weighted by Gasteiger charge is -1.91. The summed E-state index contributed by atoms with van der Waals surface area (Å²) in [6.07, 6.45) is 7.52. The Kier molecular flexibility index (Phi) is 3.43. The van der Waals surface area contributed by atoms with E-state index in [1.807, 2.05) is 39.0 Å². The number of aromatic nitrogens is 2. The van der Waals surface area contributed by atoms with Gasteiger partial charge in [-0.15, -0.1) is 0 Å². The van der Waals surface area contributed by atoms with Crippen LogP contribution in [0.1, 0.15) is 38.4 Å². The van der Waals surface area contributed by atoms with Crippen molar-refractivity contribution in [2.24, 2.45) is 0 Å². The van der Waals surface area contributed by atoms with E-state index in [-0.39, 0.29) is 0 Å². The van der Waals surface area contributed by atoms with Crippen LogP contribution in [0.25, 0.3) is 6.08 Å². The minimum atomic E-state index is 0.313. The van der Waals surface area contributed by atoms with Gasteiger partial charge in [-0.25, -0.2) is 0 Å². The summed E-state index contributed by atoms with van der Waals surface area (Å²) in [6.45, 7) is 6.02. The number of hydrogen-bond donors (Lipinski definition) is 0. The largest absolute Gasteiger partial charge is 0.335 e. The molecule has 1 aromatic heterocycles. The van der Waals surface area contributed by atoms with Gasteiger partial charge in [-0.2, -0.15) is 4.98 Å².